The number of piperidine rings is 1. The summed E-state index contributed by atoms with van der Waals surface area (Å²) in [5.74, 6) is 0.565. The number of carbonyl (C=O) groups is 1. The number of nitrogens with one attached hydrogen (secondary N) is 2. The third kappa shape index (κ3) is 3.48. The maximum Gasteiger partial charge on any atom is 0.220 e. The van der Waals surface area contributed by atoms with Crippen molar-refractivity contribution in [3.8, 4) is 0 Å². The second kappa shape index (κ2) is 5.06. The van der Waals surface area contributed by atoms with Crippen molar-refractivity contribution in [1.82, 2.24) is 10.6 Å². The molecule has 110 valence electrons. The summed E-state index contributed by atoms with van der Waals surface area (Å²) in [5, 5.41) is 16.6. The number of rotatable bonds is 4. The lowest BCUT2D eigenvalue weighted by atomic mass is 9.84. The van der Waals surface area contributed by atoms with E-state index >= 15 is 0 Å². The highest BCUT2D eigenvalue weighted by Gasteiger charge is 2.38. The Kier molecular flexibility index (Phi) is 3.94. The normalized spacial score (nSPS) is 31.3. The Balaban J connectivity index is 1.85. The minimum atomic E-state index is -0.921. The van der Waals surface area contributed by atoms with E-state index in [0.29, 0.717) is 24.4 Å². The first-order valence-electron chi connectivity index (χ1n) is 7.47. The van der Waals surface area contributed by atoms with Gasteiger partial charge < -0.3 is 15.7 Å². The number of aliphatic hydroxyl groups is 1. The van der Waals surface area contributed by atoms with Gasteiger partial charge in [0, 0.05) is 18.5 Å². The fourth-order valence-corrected chi connectivity index (χ4v) is 3.16. The third-order valence-corrected chi connectivity index (χ3v) is 5.03. The van der Waals surface area contributed by atoms with E-state index in [1.54, 1.807) is 13.8 Å². The van der Waals surface area contributed by atoms with Crippen molar-refractivity contribution in [3.05, 3.63) is 0 Å². The third-order valence-electron chi connectivity index (χ3n) is 5.03. The molecule has 2 rings (SSSR count). The van der Waals surface area contributed by atoms with Gasteiger partial charge >= 0.3 is 0 Å². The van der Waals surface area contributed by atoms with Crippen LogP contribution in [0.25, 0.3) is 0 Å². The van der Waals surface area contributed by atoms with E-state index in [1.807, 2.05) is 13.8 Å². The lowest BCUT2D eigenvalue weighted by Crippen LogP contribution is -2.58. The van der Waals surface area contributed by atoms with E-state index in [0.717, 1.165) is 12.8 Å². The van der Waals surface area contributed by atoms with E-state index in [4.69, 9.17) is 0 Å². The highest BCUT2D eigenvalue weighted by molar-refractivity contribution is 5.77. The van der Waals surface area contributed by atoms with Gasteiger partial charge in [-0.1, -0.05) is 0 Å². The summed E-state index contributed by atoms with van der Waals surface area (Å²) >= 11 is 0. The van der Waals surface area contributed by atoms with Crippen LogP contribution in [0.1, 0.15) is 59.8 Å². The molecule has 2 aliphatic rings. The number of hydrogen-bond acceptors (Lipinski definition) is 3. The molecule has 3 N–H and O–H groups in total. The second-order valence-electron chi connectivity index (χ2n) is 7.41. The first-order chi connectivity index (χ1) is 8.67. The summed E-state index contributed by atoms with van der Waals surface area (Å²) in [7, 11) is 0. The van der Waals surface area contributed by atoms with Crippen molar-refractivity contribution < 1.29 is 9.90 Å². The topological polar surface area (TPSA) is 61.4 Å². The van der Waals surface area contributed by atoms with Gasteiger partial charge in [-0.15, -0.1) is 0 Å². The van der Waals surface area contributed by atoms with Crippen LogP contribution in [-0.4, -0.2) is 34.2 Å². The maximum atomic E-state index is 12.2. The molecule has 2 fully saturated rings. The molecule has 0 aromatic heterocycles. The standard InChI is InChI=1S/C15H28N2O2/c1-14(2,15(3,4)19)17-13(18)9-10-7-11-5-6-12(8-10)16-11/h10-12,16,19H,5-9H2,1-4H3,(H,17,18). The predicted octanol–water partition coefficient (Wildman–Crippen LogP) is 1.57. The molecule has 2 aliphatic heterocycles. The van der Waals surface area contributed by atoms with Gasteiger partial charge in [-0.2, -0.15) is 0 Å². The number of amides is 1. The van der Waals surface area contributed by atoms with Crippen LogP contribution in [0.15, 0.2) is 0 Å². The molecular weight excluding hydrogens is 240 g/mol. The van der Waals surface area contributed by atoms with E-state index < -0.39 is 11.1 Å². The summed E-state index contributed by atoms with van der Waals surface area (Å²) in [4.78, 5) is 12.2. The highest BCUT2D eigenvalue weighted by atomic mass is 16.3. The van der Waals surface area contributed by atoms with Crippen molar-refractivity contribution in [2.24, 2.45) is 5.92 Å². The summed E-state index contributed by atoms with van der Waals surface area (Å²) in [5.41, 5.74) is -1.52. The van der Waals surface area contributed by atoms with Crippen LogP contribution < -0.4 is 10.6 Å². The summed E-state index contributed by atoms with van der Waals surface area (Å²) in [6.07, 6.45) is 5.35. The van der Waals surface area contributed by atoms with Crippen molar-refractivity contribution in [2.45, 2.75) is 83.0 Å². The van der Waals surface area contributed by atoms with Crippen LogP contribution in [0.5, 0.6) is 0 Å². The van der Waals surface area contributed by atoms with Crippen LogP contribution in [0.2, 0.25) is 0 Å². The molecule has 0 radical (unpaired) electrons. The van der Waals surface area contributed by atoms with Gasteiger partial charge in [-0.05, 0) is 59.3 Å². The molecule has 4 heteroatoms. The molecule has 2 heterocycles. The Bertz CT molecular complexity index is 335. The minimum Gasteiger partial charge on any atom is -0.388 e. The second-order valence-corrected chi connectivity index (χ2v) is 7.41. The van der Waals surface area contributed by atoms with E-state index in [9.17, 15) is 9.90 Å². The monoisotopic (exact) mass is 268 g/mol. The van der Waals surface area contributed by atoms with Gasteiger partial charge in [0.1, 0.15) is 0 Å². The Labute approximate surface area is 116 Å². The molecule has 2 bridgehead atoms. The SMILES string of the molecule is CC(C)(O)C(C)(C)NC(=O)CC1CC2CCC(C1)N2. The Hall–Kier alpha value is -0.610. The quantitative estimate of drug-likeness (QED) is 0.725. The van der Waals surface area contributed by atoms with Crippen molar-refractivity contribution in [2.75, 3.05) is 0 Å². The Morgan fingerprint density at radius 2 is 1.74 bits per heavy atom. The van der Waals surface area contributed by atoms with E-state index in [2.05, 4.69) is 10.6 Å². The summed E-state index contributed by atoms with van der Waals surface area (Å²) in [6.45, 7) is 7.21. The number of carbonyl (C=O) groups excluding carboxylic acids is 1. The molecule has 2 saturated heterocycles. The zero-order valence-electron chi connectivity index (χ0n) is 12.6. The molecule has 0 saturated carbocycles. The van der Waals surface area contributed by atoms with Gasteiger partial charge in [-0.25, -0.2) is 0 Å². The Morgan fingerprint density at radius 1 is 1.21 bits per heavy atom. The predicted molar refractivity (Wildman–Crippen MR) is 75.8 cm³/mol. The molecule has 2 atom stereocenters. The molecule has 19 heavy (non-hydrogen) atoms. The van der Waals surface area contributed by atoms with Crippen LogP contribution in [-0.2, 0) is 4.79 Å². The van der Waals surface area contributed by atoms with Crippen LogP contribution in [0.3, 0.4) is 0 Å². The zero-order valence-corrected chi connectivity index (χ0v) is 12.6. The number of fused-ring (bicyclic) bond motifs is 2. The average molecular weight is 268 g/mol. The fourth-order valence-electron chi connectivity index (χ4n) is 3.16. The molecule has 0 aromatic rings. The van der Waals surface area contributed by atoms with Gasteiger partial charge in [0.15, 0.2) is 0 Å². The lowest BCUT2D eigenvalue weighted by molar-refractivity contribution is -0.127. The molecule has 2 unspecified atom stereocenters. The highest BCUT2D eigenvalue weighted by Crippen LogP contribution is 2.33. The molecular formula is C15H28N2O2. The van der Waals surface area contributed by atoms with Crippen molar-refractivity contribution in [1.29, 1.82) is 0 Å². The van der Waals surface area contributed by atoms with Gasteiger partial charge in [0.25, 0.3) is 0 Å². The first kappa shape index (κ1) is 14.8. The van der Waals surface area contributed by atoms with Crippen molar-refractivity contribution >= 4 is 5.91 Å². The Morgan fingerprint density at radius 3 is 2.21 bits per heavy atom. The fraction of sp³-hybridized carbons (Fsp3) is 0.933. The van der Waals surface area contributed by atoms with E-state index in [-0.39, 0.29) is 5.91 Å². The number of hydrogen-bond donors (Lipinski definition) is 3. The maximum absolute atomic E-state index is 12.2. The summed E-state index contributed by atoms with van der Waals surface area (Å²) in [6, 6.07) is 1.25. The first-order valence-corrected chi connectivity index (χ1v) is 7.47. The largest absolute Gasteiger partial charge is 0.388 e. The van der Waals surface area contributed by atoms with Crippen LogP contribution >= 0.6 is 0 Å². The summed E-state index contributed by atoms with van der Waals surface area (Å²) < 4.78 is 0. The van der Waals surface area contributed by atoms with Gasteiger partial charge in [-0.3, -0.25) is 4.79 Å². The van der Waals surface area contributed by atoms with E-state index in [1.165, 1.54) is 12.8 Å². The zero-order chi connectivity index (χ0) is 14.3. The van der Waals surface area contributed by atoms with Crippen LogP contribution in [0.4, 0.5) is 0 Å². The minimum absolute atomic E-state index is 0.0680. The smallest absolute Gasteiger partial charge is 0.220 e. The molecule has 1 amide bonds. The molecule has 0 aliphatic carbocycles. The van der Waals surface area contributed by atoms with Crippen LogP contribution in [0, 0.1) is 5.92 Å². The molecule has 0 spiro atoms. The lowest BCUT2D eigenvalue weighted by Gasteiger charge is -2.38. The molecule has 0 aromatic carbocycles. The van der Waals surface area contributed by atoms with Crippen molar-refractivity contribution in [3.63, 3.8) is 0 Å². The van der Waals surface area contributed by atoms with Gasteiger partial charge in [0.2, 0.25) is 5.91 Å². The average Bonchev–Trinajstić information content (AvgIpc) is 2.55. The molecule has 4 nitrogen and oxygen atoms in total. The van der Waals surface area contributed by atoms with Gasteiger partial charge in [0.05, 0.1) is 11.1 Å².